The van der Waals surface area contributed by atoms with Gasteiger partial charge in [0.1, 0.15) is 0 Å². The summed E-state index contributed by atoms with van der Waals surface area (Å²) in [6.07, 6.45) is 6.15. The molecule has 96 valence electrons. The molecule has 0 aliphatic heterocycles. The minimum absolute atomic E-state index is 0.459. The summed E-state index contributed by atoms with van der Waals surface area (Å²) in [4.78, 5) is 10.3. The van der Waals surface area contributed by atoms with E-state index in [0.29, 0.717) is 5.57 Å². The van der Waals surface area contributed by atoms with Crippen LogP contribution >= 0.6 is 0 Å². The van der Waals surface area contributed by atoms with Crippen molar-refractivity contribution in [3.8, 4) is 0 Å². The molecule has 16 heavy (non-hydrogen) atoms. The molecule has 0 radical (unpaired) electrons. The molecule has 0 saturated heterocycles. The van der Waals surface area contributed by atoms with Gasteiger partial charge >= 0.3 is 13.2 Å². The van der Waals surface area contributed by atoms with Gasteiger partial charge in [-0.2, -0.15) is 0 Å². The van der Waals surface area contributed by atoms with Gasteiger partial charge in [-0.05, 0) is 19.8 Å². The fourth-order valence-corrected chi connectivity index (χ4v) is 0.800. The van der Waals surface area contributed by atoms with Gasteiger partial charge < -0.3 is 22.4 Å². The summed E-state index contributed by atoms with van der Waals surface area (Å²) in [7, 11) is -6.00. The fourth-order valence-electron chi connectivity index (χ4n) is 0.800. The van der Waals surface area contributed by atoms with Crippen molar-refractivity contribution in [2.45, 2.75) is 39.5 Å². The highest BCUT2D eigenvalue weighted by molar-refractivity contribution is 6.50. The van der Waals surface area contributed by atoms with Gasteiger partial charge in [-0.3, -0.25) is 0 Å². The Balaban J connectivity index is 0. The van der Waals surface area contributed by atoms with Gasteiger partial charge in [0.25, 0.3) is 0 Å². The SMILES string of the molecule is CCCCCC=C(C)C(=O)O.F[B-](F)(F)F. The number of rotatable bonds is 5. The smallest absolute Gasteiger partial charge is 0.478 e. The summed E-state index contributed by atoms with van der Waals surface area (Å²) >= 11 is 0. The number of carboxylic acids is 1. The fraction of sp³-hybridized carbons (Fsp3) is 0.667. The zero-order valence-electron chi connectivity index (χ0n) is 9.35. The van der Waals surface area contributed by atoms with E-state index < -0.39 is 13.2 Å². The standard InChI is InChI=1S/C9H16O2.BF4/c1-3-4-5-6-7-8(2)9(10)11;2-1(3,4)5/h7H,3-6H2,1-2H3,(H,10,11);/q;-1. The largest absolute Gasteiger partial charge is 0.673 e. The number of unbranched alkanes of at least 4 members (excludes halogenated alkanes) is 3. The van der Waals surface area contributed by atoms with Crippen molar-refractivity contribution in [3.05, 3.63) is 11.6 Å². The van der Waals surface area contributed by atoms with Crippen molar-refractivity contribution in [1.29, 1.82) is 0 Å². The predicted molar refractivity (Wildman–Crippen MR) is 55.7 cm³/mol. The normalized spacial score (nSPS) is 11.8. The van der Waals surface area contributed by atoms with Crippen molar-refractivity contribution >= 4 is 13.2 Å². The molecular formula is C9H16BF4O2-. The van der Waals surface area contributed by atoms with Gasteiger partial charge in [-0.1, -0.05) is 25.8 Å². The molecule has 0 aromatic heterocycles. The molecule has 0 aromatic rings. The van der Waals surface area contributed by atoms with Crippen LogP contribution in [0.1, 0.15) is 39.5 Å². The average molecular weight is 243 g/mol. The van der Waals surface area contributed by atoms with Crippen LogP contribution in [0.5, 0.6) is 0 Å². The molecule has 0 fully saturated rings. The minimum Gasteiger partial charge on any atom is -0.478 e. The molecule has 0 bridgehead atoms. The monoisotopic (exact) mass is 243 g/mol. The number of hydrogen-bond donors (Lipinski definition) is 1. The molecule has 0 amide bonds. The van der Waals surface area contributed by atoms with Crippen LogP contribution in [0.2, 0.25) is 0 Å². The van der Waals surface area contributed by atoms with E-state index in [0.717, 1.165) is 12.8 Å². The summed E-state index contributed by atoms with van der Waals surface area (Å²) in [5, 5.41) is 8.47. The third-order valence-electron chi connectivity index (χ3n) is 1.60. The Labute approximate surface area is 92.4 Å². The number of allylic oxidation sites excluding steroid dienone is 1. The highest BCUT2D eigenvalue weighted by atomic mass is 19.5. The maximum Gasteiger partial charge on any atom is 0.673 e. The van der Waals surface area contributed by atoms with Crippen molar-refractivity contribution in [2.75, 3.05) is 0 Å². The summed E-state index contributed by atoms with van der Waals surface area (Å²) in [5.74, 6) is -0.804. The van der Waals surface area contributed by atoms with Crippen LogP contribution in [0.25, 0.3) is 0 Å². The van der Waals surface area contributed by atoms with Crippen LogP contribution in [0.4, 0.5) is 17.3 Å². The number of halogens is 4. The van der Waals surface area contributed by atoms with Gasteiger partial charge in [0.15, 0.2) is 0 Å². The lowest BCUT2D eigenvalue weighted by atomic mass is 10.1. The van der Waals surface area contributed by atoms with Gasteiger partial charge in [0, 0.05) is 5.57 Å². The Morgan fingerprint density at radius 1 is 1.25 bits per heavy atom. The van der Waals surface area contributed by atoms with Gasteiger partial charge in [0.05, 0.1) is 0 Å². The lowest BCUT2D eigenvalue weighted by Gasteiger charge is -1.94. The third kappa shape index (κ3) is 23.1. The first-order valence-electron chi connectivity index (χ1n) is 4.95. The summed E-state index contributed by atoms with van der Waals surface area (Å²) in [6.45, 7) is 3.77. The van der Waals surface area contributed by atoms with E-state index in [-0.39, 0.29) is 0 Å². The first-order chi connectivity index (χ1) is 7.18. The van der Waals surface area contributed by atoms with E-state index in [1.165, 1.54) is 12.8 Å². The maximum atomic E-state index is 10.3. The molecule has 0 aliphatic carbocycles. The predicted octanol–water partition coefficient (Wildman–Crippen LogP) is 3.90. The molecule has 0 saturated carbocycles. The summed E-state index contributed by atoms with van der Waals surface area (Å²) < 4.78 is 39.0. The van der Waals surface area contributed by atoms with Crippen LogP contribution in [-0.4, -0.2) is 18.3 Å². The second kappa shape index (κ2) is 9.24. The van der Waals surface area contributed by atoms with Crippen molar-refractivity contribution in [3.63, 3.8) is 0 Å². The lowest BCUT2D eigenvalue weighted by molar-refractivity contribution is -0.132. The Hall–Kier alpha value is -1.01. The Kier molecular flexibility index (Phi) is 10.0. The zero-order chi connectivity index (χ0) is 13.2. The van der Waals surface area contributed by atoms with Gasteiger partial charge in [0.2, 0.25) is 0 Å². The molecule has 0 unspecified atom stereocenters. The second-order valence-corrected chi connectivity index (χ2v) is 3.18. The lowest BCUT2D eigenvalue weighted by Crippen LogP contribution is -2.02. The van der Waals surface area contributed by atoms with E-state index in [1.54, 1.807) is 13.0 Å². The highest BCUT2D eigenvalue weighted by Crippen LogP contribution is 2.06. The molecular weight excluding hydrogens is 227 g/mol. The first kappa shape index (κ1) is 17.4. The van der Waals surface area contributed by atoms with Crippen molar-refractivity contribution in [1.82, 2.24) is 0 Å². The molecule has 2 nitrogen and oxygen atoms in total. The Bertz CT molecular complexity index is 220. The van der Waals surface area contributed by atoms with Crippen LogP contribution in [0.3, 0.4) is 0 Å². The minimum atomic E-state index is -6.00. The van der Waals surface area contributed by atoms with Crippen molar-refractivity contribution < 1.29 is 27.2 Å². The molecule has 7 heteroatoms. The molecule has 0 aliphatic rings. The number of carbonyl (C=O) groups is 1. The number of carboxylic acid groups (broad SMARTS) is 1. The second-order valence-electron chi connectivity index (χ2n) is 3.18. The van der Waals surface area contributed by atoms with E-state index in [1.807, 2.05) is 0 Å². The number of hydrogen-bond acceptors (Lipinski definition) is 1. The Morgan fingerprint density at radius 2 is 1.69 bits per heavy atom. The molecule has 1 N–H and O–H groups in total. The van der Waals surface area contributed by atoms with Gasteiger partial charge in [-0.25, -0.2) is 4.79 Å². The summed E-state index contributed by atoms with van der Waals surface area (Å²) in [6, 6.07) is 0. The third-order valence-corrected chi connectivity index (χ3v) is 1.60. The van der Waals surface area contributed by atoms with Crippen LogP contribution in [-0.2, 0) is 4.79 Å². The average Bonchev–Trinajstić information content (AvgIpc) is 2.09. The zero-order valence-corrected chi connectivity index (χ0v) is 9.35. The summed E-state index contributed by atoms with van der Waals surface area (Å²) in [5.41, 5.74) is 0.459. The van der Waals surface area contributed by atoms with Crippen LogP contribution in [0, 0.1) is 0 Å². The molecule has 0 spiro atoms. The first-order valence-corrected chi connectivity index (χ1v) is 4.95. The van der Waals surface area contributed by atoms with Crippen LogP contribution < -0.4 is 0 Å². The van der Waals surface area contributed by atoms with E-state index >= 15 is 0 Å². The number of aliphatic carboxylic acids is 1. The molecule has 0 rings (SSSR count). The van der Waals surface area contributed by atoms with E-state index in [4.69, 9.17) is 5.11 Å². The quantitative estimate of drug-likeness (QED) is 0.344. The topological polar surface area (TPSA) is 37.3 Å². The maximum absolute atomic E-state index is 10.3. The van der Waals surface area contributed by atoms with Crippen LogP contribution in [0.15, 0.2) is 11.6 Å². The molecule has 0 heterocycles. The Morgan fingerprint density at radius 3 is 2.00 bits per heavy atom. The van der Waals surface area contributed by atoms with Crippen molar-refractivity contribution in [2.24, 2.45) is 0 Å². The molecule has 0 aromatic carbocycles. The van der Waals surface area contributed by atoms with Gasteiger partial charge in [-0.15, -0.1) is 0 Å². The highest BCUT2D eigenvalue weighted by Gasteiger charge is 2.20. The van der Waals surface area contributed by atoms with E-state index in [2.05, 4.69) is 6.92 Å². The van der Waals surface area contributed by atoms with E-state index in [9.17, 15) is 22.1 Å². The molecule has 0 atom stereocenters.